The van der Waals surface area contributed by atoms with Crippen LogP contribution >= 0.6 is 11.3 Å². The van der Waals surface area contributed by atoms with E-state index in [1.807, 2.05) is 12.3 Å². The fourth-order valence-electron chi connectivity index (χ4n) is 2.63. The molecular formula is C16H26N2OS. The molecule has 4 heteroatoms. The van der Waals surface area contributed by atoms with Gasteiger partial charge in [-0.25, -0.2) is 0 Å². The zero-order chi connectivity index (χ0) is 14.9. The number of thiophene rings is 1. The van der Waals surface area contributed by atoms with Gasteiger partial charge in [-0.05, 0) is 43.6 Å². The van der Waals surface area contributed by atoms with Crippen molar-refractivity contribution in [3.63, 3.8) is 0 Å². The van der Waals surface area contributed by atoms with Gasteiger partial charge in [0.2, 0.25) is 0 Å². The summed E-state index contributed by atoms with van der Waals surface area (Å²) in [5, 5.41) is 5.17. The van der Waals surface area contributed by atoms with Crippen LogP contribution in [0.2, 0.25) is 0 Å². The molecule has 2 atom stereocenters. The van der Waals surface area contributed by atoms with Crippen LogP contribution in [0.4, 0.5) is 0 Å². The summed E-state index contributed by atoms with van der Waals surface area (Å²) in [6.45, 7) is 8.96. The normalized spacial score (nSPS) is 21.4. The summed E-state index contributed by atoms with van der Waals surface area (Å²) >= 11 is 1.73. The molecule has 2 unspecified atom stereocenters. The van der Waals surface area contributed by atoms with Crippen molar-refractivity contribution in [3.05, 3.63) is 21.4 Å². The van der Waals surface area contributed by atoms with E-state index in [2.05, 4.69) is 26.1 Å². The maximum absolute atomic E-state index is 12.6. The van der Waals surface area contributed by atoms with E-state index in [4.69, 9.17) is 5.73 Å². The van der Waals surface area contributed by atoms with Gasteiger partial charge < -0.3 is 11.1 Å². The van der Waals surface area contributed by atoms with Gasteiger partial charge in [0.15, 0.2) is 0 Å². The standard InChI is InChI=1S/C16H26N2OS/c1-10(2)16(4,9-17)18-15(19)13-8-20-14-7-11(3)5-6-12(13)14/h8,10-11H,5-7,9,17H2,1-4H3,(H,18,19). The summed E-state index contributed by atoms with van der Waals surface area (Å²) in [7, 11) is 0. The molecule has 1 heterocycles. The van der Waals surface area contributed by atoms with Crippen molar-refractivity contribution in [1.29, 1.82) is 0 Å². The second-order valence-corrected chi connectivity index (χ2v) is 7.59. The minimum absolute atomic E-state index is 0.0405. The lowest BCUT2D eigenvalue weighted by Crippen LogP contribution is -2.55. The van der Waals surface area contributed by atoms with E-state index >= 15 is 0 Å². The molecule has 20 heavy (non-hydrogen) atoms. The first-order valence-corrected chi connectivity index (χ1v) is 8.37. The van der Waals surface area contributed by atoms with Crippen LogP contribution < -0.4 is 11.1 Å². The molecule has 0 spiro atoms. The van der Waals surface area contributed by atoms with Gasteiger partial charge in [0, 0.05) is 16.8 Å². The van der Waals surface area contributed by atoms with Crippen molar-refractivity contribution in [1.82, 2.24) is 5.32 Å². The van der Waals surface area contributed by atoms with Crippen LogP contribution in [-0.2, 0) is 12.8 Å². The Balaban J connectivity index is 2.19. The third kappa shape index (κ3) is 2.91. The average Bonchev–Trinajstić information content (AvgIpc) is 2.81. The van der Waals surface area contributed by atoms with Gasteiger partial charge in [-0.1, -0.05) is 20.8 Å². The predicted octanol–water partition coefficient (Wildman–Crippen LogP) is 2.98. The van der Waals surface area contributed by atoms with Gasteiger partial charge >= 0.3 is 0 Å². The Kier molecular flexibility index (Phi) is 4.55. The lowest BCUT2D eigenvalue weighted by molar-refractivity contribution is 0.0882. The molecule has 1 aromatic heterocycles. The number of nitrogens with one attached hydrogen (secondary N) is 1. The van der Waals surface area contributed by atoms with Gasteiger partial charge in [0.25, 0.3) is 5.91 Å². The Morgan fingerprint density at radius 1 is 1.60 bits per heavy atom. The van der Waals surface area contributed by atoms with E-state index in [-0.39, 0.29) is 11.4 Å². The van der Waals surface area contributed by atoms with E-state index in [0.29, 0.717) is 12.5 Å². The van der Waals surface area contributed by atoms with Gasteiger partial charge in [0.1, 0.15) is 0 Å². The molecule has 3 N–H and O–H groups in total. The largest absolute Gasteiger partial charge is 0.345 e. The Bertz CT molecular complexity index is 495. The van der Waals surface area contributed by atoms with Crippen LogP contribution in [0.5, 0.6) is 0 Å². The lowest BCUT2D eigenvalue weighted by Gasteiger charge is -2.33. The topological polar surface area (TPSA) is 55.1 Å². The van der Waals surface area contributed by atoms with Crippen LogP contribution in [0, 0.1) is 11.8 Å². The highest BCUT2D eigenvalue weighted by atomic mass is 32.1. The summed E-state index contributed by atoms with van der Waals surface area (Å²) in [5.41, 5.74) is 7.66. The Hall–Kier alpha value is -0.870. The molecule has 112 valence electrons. The Labute approximate surface area is 125 Å². The molecule has 2 rings (SSSR count). The van der Waals surface area contributed by atoms with Gasteiger partial charge in [0.05, 0.1) is 11.1 Å². The molecule has 0 radical (unpaired) electrons. The van der Waals surface area contributed by atoms with Crippen molar-refractivity contribution in [2.24, 2.45) is 17.6 Å². The number of carbonyl (C=O) groups excluding carboxylic acids is 1. The van der Waals surface area contributed by atoms with E-state index in [0.717, 1.165) is 24.3 Å². The van der Waals surface area contributed by atoms with Crippen molar-refractivity contribution in [2.45, 2.75) is 52.5 Å². The maximum atomic E-state index is 12.6. The molecule has 1 aliphatic carbocycles. The summed E-state index contributed by atoms with van der Waals surface area (Å²) < 4.78 is 0. The van der Waals surface area contributed by atoms with Crippen LogP contribution in [0.15, 0.2) is 5.38 Å². The number of hydrogen-bond acceptors (Lipinski definition) is 3. The van der Waals surface area contributed by atoms with E-state index in [1.165, 1.54) is 16.9 Å². The molecule has 0 aliphatic heterocycles. The Morgan fingerprint density at radius 2 is 2.30 bits per heavy atom. The molecule has 0 saturated carbocycles. The predicted molar refractivity (Wildman–Crippen MR) is 85.3 cm³/mol. The fraction of sp³-hybridized carbons (Fsp3) is 0.688. The molecule has 0 fully saturated rings. The number of amides is 1. The SMILES string of the molecule is CC1CCc2c(C(=O)NC(C)(CN)C(C)C)csc2C1. The van der Waals surface area contributed by atoms with E-state index in [1.54, 1.807) is 11.3 Å². The molecular weight excluding hydrogens is 268 g/mol. The monoisotopic (exact) mass is 294 g/mol. The van der Waals surface area contributed by atoms with Crippen molar-refractivity contribution >= 4 is 17.2 Å². The molecule has 1 amide bonds. The molecule has 1 aromatic rings. The lowest BCUT2D eigenvalue weighted by atomic mass is 9.86. The highest BCUT2D eigenvalue weighted by Crippen LogP contribution is 2.33. The molecule has 0 saturated heterocycles. The first-order valence-electron chi connectivity index (χ1n) is 7.49. The van der Waals surface area contributed by atoms with Gasteiger partial charge in [-0.2, -0.15) is 0 Å². The van der Waals surface area contributed by atoms with Crippen LogP contribution in [-0.4, -0.2) is 18.0 Å². The number of fused-ring (bicyclic) bond motifs is 1. The minimum atomic E-state index is -0.339. The minimum Gasteiger partial charge on any atom is -0.345 e. The highest BCUT2D eigenvalue weighted by Gasteiger charge is 2.31. The van der Waals surface area contributed by atoms with Crippen LogP contribution in [0.3, 0.4) is 0 Å². The molecule has 3 nitrogen and oxygen atoms in total. The zero-order valence-corrected chi connectivity index (χ0v) is 13.8. The third-order valence-electron chi connectivity index (χ3n) is 4.74. The number of carbonyl (C=O) groups is 1. The average molecular weight is 294 g/mol. The molecule has 1 aliphatic rings. The van der Waals surface area contributed by atoms with Gasteiger partial charge in [-0.3, -0.25) is 4.79 Å². The summed E-state index contributed by atoms with van der Waals surface area (Å²) in [4.78, 5) is 14.0. The fourth-order valence-corrected chi connectivity index (χ4v) is 3.87. The molecule has 0 aromatic carbocycles. The Morgan fingerprint density at radius 3 is 2.90 bits per heavy atom. The second kappa shape index (κ2) is 5.86. The van der Waals surface area contributed by atoms with E-state index < -0.39 is 0 Å². The second-order valence-electron chi connectivity index (χ2n) is 6.63. The summed E-state index contributed by atoms with van der Waals surface area (Å²) in [5.74, 6) is 1.09. The first-order chi connectivity index (χ1) is 9.37. The van der Waals surface area contributed by atoms with E-state index in [9.17, 15) is 4.79 Å². The molecule has 0 bridgehead atoms. The van der Waals surface area contributed by atoms with Crippen LogP contribution in [0.25, 0.3) is 0 Å². The third-order valence-corrected chi connectivity index (χ3v) is 5.79. The van der Waals surface area contributed by atoms with Crippen LogP contribution in [0.1, 0.15) is 54.9 Å². The zero-order valence-electron chi connectivity index (χ0n) is 13.0. The quantitative estimate of drug-likeness (QED) is 0.897. The van der Waals surface area contributed by atoms with Crippen molar-refractivity contribution < 1.29 is 4.79 Å². The summed E-state index contributed by atoms with van der Waals surface area (Å²) in [6.07, 6.45) is 3.33. The first kappa shape index (κ1) is 15.5. The van der Waals surface area contributed by atoms with Crippen molar-refractivity contribution in [2.75, 3.05) is 6.54 Å². The highest BCUT2D eigenvalue weighted by molar-refractivity contribution is 7.10. The number of rotatable bonds is 4. The number of nitrogens with two attached hydrogens (primary N) is 1. The van der Waals surface area contributed by atoms with Gasteiger partial charge in [-0.15, -0.1) is 11.3 Å². The van der Waals surface area contributed by atoms with Crippen molar-refractivity contribution in [3.8, 4) is 0 Å². The number of hydrogen-bond donors (Lipinski definition) is 2. The smallest absolute Gasteiger partial charge is 0.252 e. The maximum Gasteiger partial charge on any atom is 0.252 e. The summed E-state index contributed by atoms with van der Waals surface area (Å²) in [6, 6.07) is 0.